The minimum atomic E-state index is -2.69. The smallest absolute Gasteiger partial charge is 0.319 e. The van der Waals surface area contributed by atoms with Gasteiger partial charge in [-0.3, -0.25) is 4.90 Å². The molecule has 2 bridgehead atoms. The third-order valence-corrected chi connectivity index (χ3v) is 9.06. The zero-order chi connectivity index (χ0) is 28.6. The number of alkyl halides is 2. The number of thiazole rings is 1. The zero-order valence-corrected chi connectivity index (χ0v) is 23.5. The normalized spacial score (nSPS) is 22.8. The Bertz CT molecular complexity index is 1670. The van der Waals surface area contributed by atoms with Gasteiger partial charge in [-0.15, -0.1) is 0 Å². The second kappa shape index (κ2) is 9.79. The van der Waals surface area contributed by atoms with Crippen LogP contribution >= 0.6 is 22.9 Å². The molecule has 3 N–H and O–H groups in total. The van der Waals surface area contributed by atoms with E-state index >= 15 is 4.39 Å². The van der Waals surface area contributed by atoms with Crippen LogP contribution in [0, 0.1) is 11.6 Å². The molecule has 4 aromatic rings. The van der Waals surface area contributed by atoms with Gasteiger partial charge in [-0.25, -0.2) is 22.5 Å². The van der Waals surface area contributed by atoms with E-state index in [2.05, 4.69) is 25.2 Å². The summed E-state index contributed by atoms with van der Waals surface area (Å²) in [7, 11) is 0. The molecule has 2 aromatic heterocycles. The molecular formula is C27H26ClF4N7OS. The molecule has 41 heavy (non-hydrogen) atoms. The summed E-state index contributed by atoms with van der Waals surface area (Å²) in [4.78, 5) is 17.0. The molecule has 14 heteroatoms. The molecule has 2 aromatic carbocycles. The number of piperazine rings is 1. The third-order valence-electron chi connectivity index (χ3n) is 7.87. The van der Waals surface area contributed by atoms with Crippen LogP contribution in [0.4, 0.5) is 28.5 Å². The second-order valence-electron chi connectivity index (χ2n) is 11.1. The van der Waals surface area contributed by atoms with Crippen LogP contribution in [0.25, 0.3) is 32.2 Å². The Balaban J connectivity index is 1.34. The molecule has 0 aliphatic carbocycles. The first-order chi connectivity index (χ1) is 19.5. The van der Waals surface area contributed by atoms with Crippen LogP contribution in [0.5, 0.6) is 6.01 Å². The fraction of sp³-hybridized carbons (Fsp3) is 0.444. The first-order valence-corrected chi connectivity index (χ1v) is 14.6. The Morgan fingerprint density at radius 3 is 2.59 bits per heavy atom. The lowest BCUT2D eigenvalue weighted by Gasteiger charge is -2.39. The van der Waals surface area contributed by atoms with E-state index in [1.54, 1.807) is 17.9 Å². The maximum atomic E-state index is 16.5. The monoisotopic (exact) mass is 607 g/mol. The number of nitrogens with one attached hydrogen (secondary N) is 1. The van der Waals surface area contributed by atoms with E-state index in [-0.39, 0.29) is 74.7 Å². The molecule has 3 atom stereocenters. The number of fused-ring (bicyclic) bond motifs is 4. The standard InChI is InChI=1S/C27H26ClF4N7OS/c1-12(7-38-10-27(31,32)11-38)40-26-36-21-16(24(37-26)39-8-13-2-3-14(9-39)34-13)6-17(28)19(20(21)30)15-4-5-18(29)23-22(15)35-25(33)41-23/h4-6,12-14,34H,2-3,7-11H2,1H3,(H2,33,35)/t12-,13?,14?/m0/s1. The summed E-state index contributed by atoms with van der Waals surface area (Å²) in [6.45, 7) is 2.64. The average molecular weight is 608 g/mol. The summed E-state index contributed by atoms with van der Waals surface area (Å²) in [5.41, 5.74) is 6.35. The van der Waals surface area contributed by atoms with Gasteiger partial charge in [-0.2, -0.15) is 9.97 Å². The van der Waals surface area contributed by atoms with E-state index in [9.17, 15) is 13.2 Å². The molecule has 0 saturated carbocycles. The number of hydrogen-bond donors (Lipinski definition) is 2. The van der Waals surface area contributed by atoms with Crippen LogP contribution < -0.4 is 20.7 Å². The largest absolute Gasteiger partial charge is 0.459 e. The Kier molecular flexibility index (Phi) is 6.41. The predicted molar refractivity (Wildman–Crippen MR) is 151 cm³/mol. The highest BCUT2D eigenvalue weighted by molar-refractivity contribution is 7.22. The van der Waals surface area contributed by atoms with Crippen molar-refractivity contribution >= 4 is 55.0 Å². The molecule has 3 saturated heterocycles. The van der Waals surface area contributed by atoms with Crippen molar-refractivity contribution in [3.05, 3.63) is 34.9 Å². The van der Waals surface area contributed by atoms with Crippen LogP contribution in [-0.4, -0.2) is 76.7 Å². The summed E-state index contributed by atoms with van der Waals surface area (Å²) < 4.78 is 63.9. The number of hydrogen-bond acceptors (Lipinski definition) is 9. The summed E-state index contributed by atoms with van der Waals surface area (Å²) >= 11 is 7.69. The van der Waals surface area contributed by atoms with Gasteiger partial charge in [0, 0.05) is 48.2 Å². The van der Waals surface area contributed by atoms with Crippen molar-refractivity contribution < 1.29 is 22.3 Å². The lowest BCUT2D eigenvalue weighted by atomic mass is 10.0. The van der Waals surface area contributed by atoms with Crippen molar-refractivity contribution in [2.75, 3.05) is 43.4 Å². The molecule has 8 nitrogen and oxygen atoms in total. The van der Waals surface area contributed by atoms with Gasteiger partial charge in [0.25, 0.3) is 5.92 Å². The molecule has 0 spiro atoms. The maximum absolute atomic E-state index is 16.5. The van der Waals surface area contributed by atoms with Gasteiger partial charge in [-0.1, -0.05) is 22.9 Å². The molecule has 7 rings (SSSR count). The van der Waals surface area contributed by atoms with E-state index in [0.717, 1.165) is 24.2 Å². The van der Waals surface area contributed by atoms with E-state index in [0.29, 0.717) is 24.3 Å². The molecule has 3 aliphatic heterocycles. The molecule has 2 unspecified atom stereocenters. The Labute approximate surface area is 241 Å². The number of anilines is 2. The summed E-state index contributed by atoms with van der Waals surface area (Å²) in [5.74, 6) is -3.45. The molecule has 3 fully saturated rings. The van der Waals surface area contributed by atoms with E-state index in [1.807, 2.05) is 0 Å². The highest BCUT2D eigenvalue weighted by atomic mass is 35.5. The Morgan fingerprint density at radius 2 is 1.88 bits per heavy atom. The molecule has 3 aliphatic rings. The Morgan fingerprint density at radius 1 is 1.15 bits per heavy atom. The minimum absolute atomic E-state index is 0.0151. The number of aromatic nitrogens is 3. The number of nitrogen functional groups attached to an aromatic ring is 1. The summed E-state index contributed by atoms with van der Waals surface area (Å²) in [5, 5.41) is 4.23. The highest BCUT2D eigenvalue weighted by Gasteiger charge is 2.44. The summed E-state index contributed by atoms with van der Waals surface area (Å²) in [6, 6.07) is 4.76. The van der Waals surface area contributed by atoms with Gasteiger partial charge in [0.2, 0.25) is 0 Å². The molecular weight excluding hydrogens is 582 g/mol. The van der Waals surface area contributed by atoms with Crippen molar-refractivity contribution in [3.8, 4) is 17.1 Å². The highest BCUT2D eigenvalue weighted by Crippen LogP contribution is 2.43. The van der Waals surface area contributed by atoms with Gasteiger partial charge in [-0.05, 0) is 38.0 Å². The second-order valence-corrected chi connectivity index (χ2v) is 12.5. The first-order valence-electron chi connectivity index (χ1n) is 13.4. The molecule has 216 valence electrons. The Hall–Kier alpha value is -3.00. The van der Waals surface area contributed by atoms with Gasteiger partial charge >= 0.3 is 6.01 Å². The van der Waals surface area contributed by atoms with E-state index in [4.69, 9.17) is 22.1 Å². The van der Waals surface area contributed by atoms with E-state index < -0.39 is 23.7 Å². The average Bonchev–Trinajstić information content (AvgIpc) is 3.45. The lowest BCUT2D eigenvalue weighted by Crippen LogP contribution is -2.58. The number of rotatable bonds is 6. The number of nitrogens with zero attached hydrogens (tertiary/aromatic N) is 5. The summed E-state index contributed by atoms with van der Waals surface area (Å²) in [6.07, 6.45) is 1.53. The first kappa shape index (κ1) is 26.9. The minimum Gasteiger partial charge on any atom is -0.459 e. The van der Waals surface area contributed by atoms with Crippen molar-refractivity contribution in [2.24, 2.45) is 0 Å². The predicted octanol–water partition coefficient (Wildman–Crippen LogP) is 5.08. The van der Waals surface area contributed by atoms with Gasteiger partial charge in [0.05, 0.1) is 28.3 Å². The van der Waals surface area contributed by atoms with E-state index in [1.165, 1.54) is 12.1 Å². The third kappa shape index (κ3) is 4.82. The van der Waals surface area contributed by atoms with Crippen LogP contribution in [0.1, 0.15) is 19.8 Å². The number of benzene rings is 2. The topological polar surface area (TPSA) is 92.4 Å². The van der Waals surface area contributed by atoms with Crippen LogP contribution in [0.2, 0.25) is 5.02 Å². The number of halogens is 5. The van der Waals surface area contributed by atoms with Crippen LogP contribution in [0.15, 0.2) is 18.2 Å². The van der Waals surface area contributed by atoms with Crippen molar-refractivity contribution in [1.29, 1.82) is 0 Å². The van der Waals surface area contributed by atoms with Gasteiger partial charge < -0.3 is 20.7 Å². The molecule has 5 heterocycles. The number of likely N-dealkylation sites (tertiary alicyclic amines) is 1. The quantitative estimate of drug-likeness (QED) is 0.293. The van der Waals surface area contributed by atoms with Crippen molar-refractivity contribution in [3.63, 3.8) is 0 Å². The number of ether oxygens (including phenoxy) is 1. The maximum Gasteiger partial charge on any atom is 0.319 e. The number of nitrogens with two attached hydrogens (primary N) is 1. The fourth-order valence-electron chi connectivity index (χ4n) is 6.18. The van der Waals surface area contributed by atoms with Crippen LogP contribution in [-0.2, 0) is 0 Å². The van der Waals surface area contributed by atoms with Gasteiger partial charge in [0.15, 0.2) is 10.9 Å². The lowest BCUT2D eigenvalue weighted by molar-refractivity contribution is -0.136. The zero-order valence-electron chi connectivity index (χ0n) is 21.9. The van der Waals surface area contributed by atoms with Gasteiger partial charge in [0.1, 0.15) is 23.3 Å². The van der Waals surface area contributed by atoms with Crippen LogP contribution in [0.3, 0.4) is 0 Å². The SMILES string of the molecule is C[C@@H](CN1CC(F)(F)C1)Oc1nc(N2CC3CCC(C2)N3)c2cc(Cl)c(-c3ccc(F)c4sc(N)nc34)c(F)c2n1. The van der Waals surface area contributed by atoms with Crippen molar-refractivity contribution in [1.82, 2.24) is 25.2 Å². The molecule has 0 amide bonds. The fourth-order valence-corrected chi connectivity index (χ4v) is 7.24. The molecule has 0 radical (unpaired) electrons. The van der Waals surface area contributed by atoms with Crippen molar-refractivity contribution in [2.45, 2.75) is 43.9 Å².